The van der Waals surface area contributed by atoms with Crippen LogP contribution in [0.5, 0.6) is 5.75 Å². The average Bonchev–Trinajstić information content (AvgIpc) is 2.48. The molecule has 0 aliphatic heterocycles. The Kier molecular flexibility index (Phi) is 5.32. The molecule has 2 rings (SSSR count). The Morgan fingerprint density at radius 2 is 1.95 bits per heavy atom. The van der Waals surface area contributed by atoms with E-state index in [-0.39, 0.29) is 12.2 Å². The number of hydrogen-bond donors (Lipinski definition) is 1. The Morgan fingerprint density at radius 1 is 1.19 bits per heavy atom. The van der Waals surface area contributed by atoms with Gasteiger partial charge in [-0.05, 0) is 64.3 Å². The van der Waals surface area contributed by atoms with E-state index in [2.05, 4.69) is 15.9 Å². The molecule has 0 aromatic heterocycles. The predicted molar refractivity (Wildman–Crippen MR) is 82.3 cm³/mol. The van der Waals surface area contributed by atoms with E-state index in [0.717, 1.165) is 22.0 Å². The summed E-state index contributed by atoms with van der Waals surface area (Å²) in [5.74, 6) is 0.173. The first kappa shape index (κ1) is 15.5. The molecule has 0 saturated carbocycles. The number of rotatable bonds is 5. The zero-order valence-electron chi connectivity index (χ0n) is 11.3. The number of nitrogens with two attached hydrogens (primary N) is 1. The van der Waals surface area contributed by atoms with Gasteiger partial charge in [-0.3, -0.25) is 0 Å². The van der Waals surface area contributed by atoms with Crippen molar-refractivity contribution in [3.63, 3.8) is 0 Å². The highest BCUT2D eigenvalue weighted by Gasteiger charge is 2.06. The molecule has 0 aliphatic carbocycles. The van der Waals surface area contributed by atoms with Crippen molar-refractivity contribution in [3.8, 4) is 11.8 Å². The molecule has 2 aromatic rings. The molecule has 0 atom stereocenters. The van der Waals surface area contributed by atoms with Crippen molar-refractivity contribution in [2.45, 2.75) is 13.0 Å². The fourth-order valence-electron chi connectivity index (χ4n) is 1.89. The second-order valence-corrected chi connectivity index (χ2v) is 5.37. The van der Waals surface area contributed by atoms with Gasteiger partial charge in [0.15, 0.2) is 0 Å². The predicted octanol–water partition coefficient (Wildman–Crippen LogP) is 3.54. The quantitative estimate of drug-likeness (QED) is 0.898. The van der Waals surface area contributed by atoms with E-state index in [1.165, 1.54) is 12.1 Å². The molecule has 0 radical (unpaired) electrons. The molecule has 0 spiro atoms. The zero-order valence-corrected chi connectivity index (χ0v) is 12.9. The number of halogens is 2. The molecule has 0 heterocycles. The third-order valence-corrected chi connectivity index (χ3v) is 3.59. The van der Waals surface area contributed by atoms with E-state index >= 15 is 0 Å². The molecule has 0 unspecified atom stereocenters. The molecule has 108 valence electrons. The summed E-state index contributed by atoms with van der Waals surface area (Å²) in [5.41, 5.74) is 7.41. The summed E-state index contributed by atoms with van der Waals surface area (Å²) in [5, 5.41) is 8.80. The minimum atomic E-state index is -0.520. The first-order valence-electron chi connectivity index (χ1n) is 6.44. The van der Waals surface area contributed by atoms with E-state index in [4.69, 9.17) is 15.7 Å². The van der Waals surface area contributed by atoms with E-state index in [9.17, 15) is 4.39 Å². The summed E-state index contributed by atoms with van der Waals surface area (Å²) in [7, 11) is 0. The second-order valence-electron chi connectivity index (χ2n) is 4.52. The summed E-state index contributed by atoms with van der Waals surface area (Å²) in [6.07, 6.45) is 0.808. The SMILES string of the molecule is N#Cc1cc(COc2ccc(CCN)cc2Br)ccc1F. The van der Waals surface area contributed by atoms with Crippen LogP contribution in [0.3, 0.4) is 0 Å². The average molecular weight is 349 g/mol. The fourth-order valence-corrected chi connectivity index (χ4v) is 2.43. The van der Waals surface area contributed by atoms with Gasteiger partial charge in [-0.2, -0.15) is 5.26 Å². The molecule has 5 heteroatoms. The van der Waals surface area contributed by atoms with Gasteiger partial charge in [0, 0.05) is 0 Å². The molecule has 2 aromatic carbocycles. The Balaban J connectivity index is 2.08. The Labute approximate surface area is 131 Å². The molecular weight excluding hydrogens is 335 g/mol. The number of nitriles is 1. The summed E-state index contributed by atoms with van der Waals surface area (Å²) in [6, 6.07) is 12.0. The van der Waals surface area contributed by atoms with Gasteiger partial charge in [-0.25, -0.2) is 4.39 Å². The standard InChI is InChI=1S/C16H14BrFN2O/c17-14-8-11(5-6-19)2-4-16(14)21-10-12-1-3-15(18)13(7-12)9-20/h1-4,7-8H,5-6,10,19H2. The van der Waals surface area contributed by atoms with Crippen molar-refractivity contribution < 1.29 is 9.13 Å². The van der Waals surface area contributed by atoms with E-state index in [1.807, 2.05) is 24.3 Å². The summed E-state index contributed by atoms with van der Waals surface area (Å²) in [4.78, 5) is 0. The van der Waals surface area contributed by atoms with Gasteiger partial charge < -0.3 is 10.5 Å². The van der Waals surface area contributed by atoms with Crippen LogP contribution < -0.4 is 10.5 Å². The molecule has 2 N–H and O–H groups in total. The van der Waals surface area contributed by atoms with Crippen LogP contribution >= 0.6 is 15.9 Å². The molecule has 0 aliphatic rings. The molecule has 0 bridgehead atoms. The maximum absolute atomic E-state index is 13.2. The van der Waals surface area contributed by atoms with Crippen molar-refractivity contribution in [1.82, 2.24) is 0 Å². The van der Waals surface area contributed by atoms with Crippen LogP contribution in [0.25, 0.3) is 0 Å². The third kappa shape index (κ3) is 4.03. The van der Waals surface area contributed by atoms with Gasteiger partial charge in [0.2, 0.25) is 0 Å². The lowest BCUT2D eigenvalue weighted by atomic mass is 10.1. The first-order chi connectivity index (χ1) is 10.1. The summed E-state index contributed by atoms with van der Waals surface area (Å²) < 4.78 is 19.8. The highest BCUT2D eigenvalue weighted by Crippen LogP contribution is 2.27. The molecule has 0 saturated heterocycles. The van der Waals surface area contributed by atoms with E-state index in [0.29, 0.717) is 12.3 Å². The lowest BCUT2D eigenvalue weighted by Crippen LogP contribution is -2.03. The van der Waals surface area contributed by atoms with Gasteiger partial charge in [0.25, 0.3) is 0 Å². The molecule has 0 amide bonds. The maximum Gasteiger partial charge on any atom is 0.140 e. The van der Waals surface area contributed by atoms with Gasteiger partial charge in [-0.1, -0.05) is 12.1 Å². The number of ether oxygens (including phenoxy) is 1. The van der Waals surface area contributed by atoms with Gasteiger partial charge >= 0.3 is 0 Å². The van der Waals surface area contributed by atoms with Crippen molar-refractivity contribution in [3.05, 3.63) is 63.4 Å². The Hall–Kier alpha value is -1.90. The molecule has 3 nitrogen and oxygen atoms in total. The van der Waals surface area contributed by atoms with Gasteiger partial charge in [0.1, 0.15) is 24.2 Å². The van der Waals surface area contributed by atoms with Gasteiger partial charge in [-0.15, -0.1) is 0 Å². The Morgan fingerprint density at radius 3 is 2.62 bits per heavy atom. The number of benzene rings is 2. The largest absolute Gasteiger partial charge is 0.488 e. The summed E-state index contributed by atoms with van der Waals surface area (Å²) >= 11 is 3.45. The van der Waals surface area contributed by atoms with Crippen LogP contribution in [-0.4, -0.2) is 6.54 Å². The second kappa shape index (κ2) is 7.21. The third-order valence-electron chi connectivity index (χ3n) is 2.97. The number of hydrogen-bond acceptors (Lipinski definition) is 3. The van der Waals surface area contributed by atoms with Crippen LogP contribution in [0.15, 0.2) is 40.9 Å². The van der Waals surface area contributed by atoms with Crippen LogP contribution in [0, 0.1) is 17.1 Å². The van der Waals surface area contributed by atoms with Crippen molar-refractivity contribution >= 4 is 15.9 Å². The highest BCUT2D eigenvalue weighted by atomic mass is 79.9. The van der Waals surface area contributed by atoms with Crippen LogP contribution in [0.1, 0.15) is 16.7 Å². The minimum Gasteiger partial charge on any atom is -0.488 e. The Bertz CT molecular complexity index is 682. The lowest BCUT2D eigenvalue weighted by Gasteiger charge is -2.10. The van der Waals surface area contributed by atoms with Gasteiger partial charge in [0.05, 0.1) is 10.0 Å². The topological polar surface area (TPSA) is 59.0 Å². The first-order valence-corrected chi connectivity index (χ1v) is 7.23. The van der Waals surface area contributed by atoms with Crippen LogP contribution in [-0.2, 0) is 13.0 Å². The fraction of sp³-hybridized carbons (Fsp3) is 0.188. The van der Waals surface area contributed by atoms with Crippen molar-refractivity contribution in [2.75, 3.05) is 6.54 Å². The minimum absolute atomic E-state index is 0.0217. The molecular formula is C16H14BrFN2O. The summed E-state index contributed by atoms with van der Waals surface area (Å²) in [6.45, 7) is 0.864. The maximum atomic E-state index is 13.2. The highest BCUT2D eigenvalue weighted by molar-refractivity contribution is 9.10. The molecule has 21 heavy (non-hydrogen) atoms. The van der Waals surface area contributed by atoms with Crippen LogP contribution in [0.2, 0.25) is 0 Å². The molecule has 0 fully saturated rings. The normalized spacial score (nSPS) is 10.2. The smallest absolute Gasteiger partial charge is 0.140 e. The van der Waals surface area contributed by atoms with Crippen molar-refractivity contribution in [1.29, 1.82) is 5.26 Å². The monoisotopic (exact) mass is 348 g/mol. The lowest BCUT2D eigenvalue weighted by molar-refractivity contribution is 0.304. The van der Waals surface area contributed by atoms with Crippen LogP contribution in [0.4, 0.5) is 4.39 Å². The number of nitrogens with zero attached hydrogens (tertiary/aromatic N) is 1. The van der Waals surface area contributed by atoms with E-state index < -0.39 is 5.82 Å². The zero-order chi connectivity index (χ0) is 15.2. The van der Waals surface area contributed by atoms with Crippen molar-refractivity contribution in [2.24, 2.45) is 5.73 Å². The van der Waals surface area contributed by atoms with E-state index in [1.54, 1.807) is 6.07 Å².